The van der Waals surface area contributed by atoms with Crippen molar-refractivity contribution in [2.75, 3.05) is 11.1 Å². The van der Waals surface area contributed by atoms with Crippen LogP contribution in [0.4, 0.5) is 5.69 Å². The first-order valence-corrected chi connectivity index (χ1v) is 11.8. The number of nitrogens with zero attached hydrogens (tertiary/aromatic N) is 3. The van der Waals surface area contributed by atoms with Crippen LogP contribution in [0.5, 0.6) is 5.75 Å². The second-order valence-electron chi connectivity index (χ2n) is 7.35. The predicted molar refractivity (Wildman–Crippen MR) is 130 cm³/mol. The number of allylic oxidation sites excluding steroid dienone is 1. The summed E-state index contributed by atoms with van der Waals surface area (Å²) in [4.78, 5) is 12.5. The molecule has 0 saturated carbocycles. The summed E-state index contributed by atoms with van der Waals surface area (Å²) < 4.78 is 8.02. The lowest BCUT2D eigenvalue weighted by Crippen LogP contribution is -2.16. The molecule has 0 aliphatic carbocycles. The van der Waals surface area contributed by atoms with E-state index in [1.807, 2.05) is 47.9 Å². The van der Waals surface area contributed by atoms with Crippen molar-refractivity contribution in [3.8, 4) is 5.75 Å². The van der Waals surface area contributed by atoms with E-state index in [2.05, 4.69) is 48.1 Å². The number of aromatic nitrogens is 3. The summed E-state index contributed by atoms with van der Waals surface area (Å²) in [5.74, 6) is 1.64. The fourth-order valence-electron chi connectivity index (χ4n) is 3.34. The molecule has 1 atom stereocenters. The molecule has 3 aromatic rings. The van der Waals surface area contributed by atoms with Gasteiger partial charge in [-0.1, -0.05) is 62.0 Å². The summed E-state index contributed by atoms with van der Waals surface area (Å²) in [5, 5.41) is 12.3. The van der Waals surface area contributed by atoms with E-state index < -0.39 is 0 Å². The quantitative estimate of drug-likeness (QED) is 0.310. The van der Waals surface area contributed by atoms with Crippen LogP contribution in [0, 0.1) is 0 Å². The van der Waals surface area contributed by atoms with Crippen molar-refractivity contribution >= 4 is 23.4 Å². The Morgan fingerprint density at radius 1 is 1.16 bits per heavy atom. The van der Waals surface area contributed by atoms with Gasteiger partial charge in [-0.05, 0) is 49.1 Å². The summed E-state index contributed by atoms with van der Waals surface area (Å²) in [6.45, 7) is 10.5. The first-order valence-electron chi connectivity index (χ1n) is 10.9. The molecule has 32 heavy (non-hydrogen) atoms. The lowest BCUT2D eigenvalue weighted by molar-refractivity contribution is -0.113. The van der Waals surface area contributed by atoms with E-state index in [9.17, 15) is 4.79 Å². The van der Waals surface area contributed by atoms with Gasteiger partial charge in [-0.25, -0.2) is 0 Å². The summed E-state index contributed by atoms with van der Waals surface area (Å²) in [6.07, 6.45) is 3.34. The van der Waals surface area contributed by atoms with Gasteiger partial charge in [0.2, 0.25) is 5.91 Å². The Morgan fingerprint density at radius 3 is 2.59 bits per heavy atom. The van der Waals surface area contributed by atoms with Gasteiger partial charge in [-0.15, -0.1) is 16.8 Å². The van der Waals surface area contributed by atoms with Crippen LogP contribution in [0.15, 0.2) is 66.3 Å². The molecule has 0 aliphatic heterocycles. The van der Waals surface area contributed by atoms with Crippen LogP contribution < -0.4 is 10.1 Å². The molecule has 2 aromatic carbocycles. The first kappa shape index (κ1) is 23.6. The largest absolute Gasteiger partial charge is 0.483 e. The van der Waals surface area contributed by atoms with Crippen LogP contribution >= 0.6 is 11.8 Å². The number of nitrogens with one attached hydrogen (secondary N) is 1. The van der Waals surface area contributed by atoms with Crippen LogP contribution in [0.3, 0.4) is 0 Å². The number of anilines is 1. The molecule has 0 aliphatic rings. The molecule has 0 spiro atoms. The molecule has 7 heteroatoms. The number of hydrogen-bond acceptors (Lipinski definition) is 5. The minimum Gasteiger partial charge on any atom is -0.483 e. The number of para-hydroxylation sites is 1. The van der Waals surface area contributed by atoms with Crippen molar-refractivity contribution in [2.24, 2.45) is 0 Å². The molecular formula is C25H30N4O2S. The predicted octanol–water partition coefficient (Wildman–Crippen LogP) is 5.46. The van der Waals surface area contributed by atoms with Gasteiger partial charge in [0.15, 0.2) is 17.1 Å². The van der Waals surface area contributed by atoms with Crippen molar-refractivity contribution in [2.45, 2.75) is 51.4 Å². The van der Waals surface area contributed by atoms with Gasteiger partial charge >= 0.3 is 0 Å². The Labute approximate surface area is 194 Å². The van der Waals surface area contributed by atoms with Crippen molar-refractivity contribution in [3.63, 3.8) is 0 Å². The van der Waals surface area contributed by atoms with Crippen LogP contribution in [0.1, 0.15) is 43.8 Å². The maximum Gasteiger partial charge on any atom is 0.234 e. The number of rotatable bonds is 11. The fraction of sp³-hybridized carbons (Fsp3) is 0.320. The van der Waals surface area contributed by atoms with Crippen LogP contribution in [-0.4, -0.2) is 26.4 Å². The number of amides is 1. The van der Waals surface area contributed by atoms with Gasteiger partial charge in [-0.2, -0.15) is 0 Å². The molecule has 0 saturated heterocycles. The number of carbonyl (C=O) groups excluding carboxylic acids is 1. The SMILES string of the molecule is C=CCn1c(SCC(=O)Nc2ccccc2CC)nnc1C(C)Oc1ccc(CC)cc1. The third-order valence-corrected chi connectivity index (χ3v) is 6.04. The summed E-state index contributed by atoms with van der Waals surface area (Å²) >= 11 is 1.35. The Morgan fingerprint density at radius 2 is 1.91 bits per heavy atom. The molecule has 1 N–H and O–H groups in total. The maximum absolute atomic E-state index is 12.5. The zero-order chi connectivity index (χ0) is 22.9. The van der Waals surface area contributed by atoms with Gasteiger partial charge in [0, 0.05) is 12.2 Å². The Hall–Kier alpha value is -3.06. The normalized spacial score (nSPS) is 11.7. The Bertz CT molecular complexity index is 1050. The highest BCUT2D eigenvalue weighted by molar-refractivity contribution is 7.99. The molecule has 0 radical (unpaired) electrons. The van der Waals surface area contributed by atoms with Crippen molar-refractivity contribution < 1.29 is 9.53 Å². The number of aryl methyl sites for hydroxylation is 2. The minimum absolute atomic E-state index is 0.0779. The first-order chi connectivity index (χ1) is 15.5. The molecule has 1 heterocycles. The summed E-state index contributed by atoms with van der Waals surface area (Å²) in [7, 11) is 0. The second kappa shape index (κ2) is 11.5. The van der Waals surface area contributed by atoms with Crippen LogP contribution in [0.2, 0.25) is 0 Å². The summed E-state index contributed by atoms with van der Waals surface area (Å²) in [5.41, 5.74) is 3.23. The second-order valence-corrected chi connectivity index (χ2v) is 8.29. The lowest BCUT2D eigenvalue weighted by atomic mass is 10.1. The zero-order valence-electron chi connectivity index (χ0n) is 18.9. The molecule has 0 bridgehead atoms. The lowest BCUT2D eigenvalue weighted by Gasteiger charge is -2.16. The Balaban J connectivity index is 1.66. The van der Waals surface area contributed by atoms with Crippen molar-refractivity contribution in [1.29, 1.82) is 0 Å². The van der Waals surface area contributed by atoms with Gasteiger partial charge in [0.05, 0.1) is 5.75 Å². The van der Waals surface area contributed by atoms with Gasteiger partial charge in [0.1, 0.15) is 5.75 Å². The minimum atomic E-state index is -0.297. The molecule has 3 rings (SSSR count). The highest BCUT2D eigenvalue weighted by Crippen LogP contribution is 2.25. The van der Waals surface area contributed by atoms with E-state index in [1.165, 1.54) is 17.3 Å². The molecule has 6 nitrogen and oxygen atoms in total. The molecule has 1 amide bonds. The van der Waals surface area contributed by atoms with E-state index in [-0.39, 0.29) is 17.8 Å². The van der Waals surface area contributed by atoms with Gasteiger partial charge in [0.25, 0.3) is 0 Å². The number of benzene rings is 2. The zero-order valence-corrected chi connectivity index (χ0v) is 19.7. The van der Waals surface area contributed by atoms with Gasteiger partial charge < -0.3 is 10.1 Å². The highest BCUT2D eigenvalue weighted by Gasteiger charge is 2.20. The fourth-order valence-corrected chi connectivity index (χ4v) is 4.09. The number of thioether (sulfide) groups is 1. The molecule has 0 fully saturated rings. The van der Waals surface area contributed by atoms with Crippen LogP contribution in [0.25, 0.3) is 0 Å². The van der Waals surface area contributed by atoms with E-state index >= 15 is 0 Å². The van der Waals surface area contributed by atoms with E-state index in [0.29, 0.717) is 17.5 Å². The third-order valence-electron chi connectivity index (χ3n) is 5.07. The maximum atomic E-state index is 12.5. The average Bonchev–Trinajstić information content (AvgIpc) is 3.21. The van der Waals surface area contributed by atoms with E-state index in [0.717, 1.165) is 29.8 Å². The summed E-state index contributed by atoms with van der Waals surface area (Å²) in [6, 6.07) is 15.9. The number of hydrogen-bond donors (Lipinski definition) is 1. The highest BCUT2D eigenvalue weighted by atomic mass is 32.2. The molecule has 1 aromatic heterocycles. The number of ether oxygens (including phenoxy) is 1. The van der Waals surface area contributed by atoms with E-state index in [4.69, 9.17) is 4.74 Å². The van der Waals surface area contributed by atoms with Crippen LogP contribution in [-0.2, 0) is 24.2 Å². The van der Waals surface area contributed by atoms with Crippen molar-refractivity contribution in [3.05, 3.63) is 78.1 Å². The topological polar surface area (TPSA) is 69.0 Å². The monoisotopic (exact) mass is 450 g/mol. The smallest absolute Gasteiger partial charge is 0.234 e. The average molecular weight is 451 g/mol. The van der Waals surface area contributed by atoms with E-state index in [1.54, 1.807) is 6.08 Å². The molecular weight excluding hydrogens is 420 g/mol. The standard InChI is InChI=1S/C25H30N4O2S/c1-5-16-29-24(18(4)31-21-14-12-19(6-2)13-15-21)27-28-25(29)32-17-23(30)26-22-11-9-8-10-20(22)7-3/h5,8-15,18H,1,6-7,16-17H2,2-4H3,(H,26,30). The number of carbonyl (C=O) groups is 1. The Kier molecular flexibility index (Phi) is 8.50. The third kappa shape index (κ3) is 6.01. The van der Waals surface area contributed by atoms with Gasteiger partial charge in [-0.3, -0.25) is 9.36 Å². The molecule has 168 valence electrons. The molecule has 1 unspecified atom stereocenters. The van der Waals surface area contributed by atoms with Crippen molar-refractivity contribution in [1.82, 2.24) is 14.8 Å².